The molecule has 1 fully saturated rings. The van der Waals surface area contributed by atoms with Gasteiger partial charge in [-0.1, -0.05) is 25.7 Å². The minimum absolute atomic E-state index is 0.853. The molecule has 0 radical (unpaired) electrons. The molecule has 1 aromatic rings. The van der Waals surface area contributed by atoms with Gasteiger partial charge in [0.1, 0.15) is 0 Å². The number of hydrogen-bond donors (Lipinski definition) is 1. The van der Waals surface area contributed by atoms with E-state index >= 15 is 0 Å². The Bertz CT molecular complexity index is 277. The Morgan fingerprint density at radius 3 is 2.85 bits per heavy atom. The zero-order valence-corrected chi connectivity index (χ0v) is 7.87. The first-order chi connectivity index (χ1) is 6.36. The first-order valence-corrected chi connectivity index (χ1v) is 5.04. The van der Waals surface area contributed by atoms with Crippen molar-refractivity contribution in [2.45, 2.75) is 32.1 Å². The summed E-state index contributed by atoms with van der Waals surface area (Å²) in [6.45, 7) is 0. The number of nitrogen functional groups attached to an aromatic ring is 1. The Morgan fingerprint density at radius 1 is 1.38 bits per heavy atom. The monoisotopic (exact) mass is 176 g/mol. The zero-order chi connectivity index (χ0) is 9.10. The van der Waals surface area contributed by atoms with Crippen molar-refractivity contribution in [2.24, 2.45) is 5.92 Å². The van der Waals surface area contributed by atoms with Crippen LogP contribution in [0.2, 0.25) is 0 Å². The minimum atomic E-state index is 0.853. The number of anilines is 1. The molecule has 0 saturated heterocycles. The van der Waals surface area contributed by atoms with Gasteiger partial charge in [-0.3, -0.25) is 4.98 Å². The fraction of sp³-hybridized carbons (Fsp3) is 0.545. The molecule has 2 N–H and O–H groups in total. The highest BCUT2D eigenvalue weighted by molar-refractivity contribution is 5.44. The molecule has 0 aliphatic heterocycles. The maximum atomic E-state index is 5.86. The topological polar surface area (TPSA) is 38.9 Å². The number of nitrogens with two attached hydrogens (primary N) is 1. The Kier molecular flexibility index (Phi) is 2.48. The number of hydrogen-bond acceptors (Lipinski definition) is 2. The van der Waals surface area contributed by atoms with Crippen LogP contribution in [0.5, 0.6) is 0 Å². The summed E-state index contributed by atoms with van der Waals surface area (Å²) in [6, 6.07) is 1.89. The van der Waals surface area contributed by atoms with Crippen LogP contribution in [0.3, 0.4) is 0 Å². The van der Waals surface area contributed by atoms with Gasteiger partial charge in [-0.2, -0.15) is 0 Å². The molecule has 1 saturated carbocycles. The molecule has 70 valence electrons. The summed E-state index contributed by atoms with van der Waals surface area (Å²) in [5, 5.41) is 0. The number of rotatable bonds is 2. The molecule has 0 aromatic carbocycles. The van der Waals surface area contributed by atoms with E-state index in [0.717, 1.165) is 18.0 Å². The second-order valence-corrected chi connectivity index (χ2v) is 3.93. The van der Waals surface area contributed by atoms with E-state index in [-0.39, 0.29) is 0 Å². The van der Waals surface area contributed by atoms with Gasteiger partial charge in [0.2, 0.25) is 0 Å². The number of nitrogens with zero attached hydrogens (tertiary/aromatic N) is 1. The quantitative estimate of drug-likeness (QED) is 0.751. The van der Waals surface area contributed by atoms with Crippen LogP contribution >= 0.6 is 0 Å². The van der Waals surface area contributed by atoms with E-state index in [1.54, 1.807) is 6.20 Å². The summed E-state index contributed by atoms with van der Waals surface area (Å²) in [5.41, 5.74) is 7.99. The Labute approximate surface area is 79.2 Å². The largest absolute Gasteiger partial charge is 0.398 e. The fourth-order valence-electron chi connectivity index (χ4n) is 2.13. The highest BCUT2D eigenvalue weighted by atomic mass is 14.7. The zero-order valence-electron chi connectivity index (χ0n) is 7.87. The molecule has 1 aliphatic rings. The van der Waals surface area contributed by atoms with Crippen molar-refractivity contribution < 1.29 is 0 Å². The average molecular weight is 176 g/mol. The molecule has 2 heteroatoms. The van der Waals surface area contributed by atoms with Crippen LogP contribution in [0, 0.1) is 5.92 Å². The van der Waals surface area contributed by atoms with E-state index in [4.69, 9.17) is 5.73 Å². The van der Waals surface area contributed by atoms with Gasteiger partial charge in [-0.05, 0) is 24.0 Å². The van der Waals surface area contributed by atoms with Crippen molar-refractivity contribution in [3.8, 4) is 0 Å². The minimum Gasteiger partial charge on any atom is -0.398 e. The molecule has 0 atom stereocenters. The normalized spacial score (nSPS) is 17.8. The van der Waals surface area contributed by atoms with Gasteiger partial charge in [-0.15, -0.1) is 0 Å². The predicted molar refractivity (Wildman–Crippen MR) is 54.3 cm³/mol. The molecular formula is C11H16N2. The van der Waals surface area contributed by atoms with E-state index in [1.165, 1.54) is 31.2 Å². The molecule has 1 aromatic heterocycles. The third-order valence-corrected chi connectivity index (χ3v) is 2.92. The lowest BCUT2D eigenvalue weighted by Crippen LogP contribution is -2.02. The maximum absolute atomic E-state index is 5.86. The van der Waals surface area contributed by atoms with E-state index < -0.39 is 0 Å². The average Bonchev–Trinajstić information content (AvgIpc) is 2.61. The van der Waals surface area contributed by atoms with Crippen LogP contribution in [-0.2, 0) is 6.42 Å². The van der Waals surface area contributed by atoms with Gasteiger partial charge in [0, 0.05) is 18.1 Å². The van der Waals surface area contributed by atoms with Crippen LogP contribution < -0.4 is 5.73 Å². The summed E-state index contributed by atoms with van der Waals surface area (Å²) < 4.78 is 0. The summed E-state index contributed by atoms with van der Waals surface area (Å²) in [5.74, 6) is 0.853. The lowest BCUT2D eigenvalue weighted by molar-refractivity contribution is 0.546. The van der Waals surface area contributed by atoms with E-state index in [0.29, 0.717) is 0 Å². The first kappa shape index (κ1) is 8.54. The molecule has 1 aliphatic carbocycles. The van der Waals surface area contributed by atoms with Crippen molar-refractivity contribution >= 4 is 5.69 Å². The summed E-state index contributed by atoms with van der Waals surface area (Å²) >= 11 is 0. The second-order valence-electron chi connectivity index (χ2n) is 3.93. The lowest BCUT2D eigenvalue weighted by Gasteiger charge is -2.09. The van der Waals surface area contributed by atoms with Gasteiger partial charge in [0.05, 0.1) is 0 Å². The molecule has 0 amide bonds. The fourth-order valence-corrected chi connectivity index (χ4v) is 2.13. The molecule has 0 spiro atoms. The number of aromatic nitrogens is 1. The second kappa shape index (κ2) is 3.77. The molecule has 2 nitrogen and oxygen atoms in total. The summed E-state index contributed by atoms with van der Waals surface area (Å²) in [4.78, 5) is 4.11. The van der Waals surface area contributed by atoms with Gasteiger partial charge in [0.15, 0.2) is 0 Å². The molecule has 2 rings (SSSR count). The van der Waals surface area contributed by atoms with Crippen LogP contribution in [0.1, 0.15) is 31.2 Å². The Morgan fingerprint density at radius 2 is 2.15 bits per heavy atom. The van der Waals surface area contributed by atoms with Crippen LogP contribution in [0.4, 0.5) is 5.69 Å². The summed E-state index contributed by atoms with van der Waals surface area (Å²) in [7, 11) is 0. The molecule has 0 unspecified atom stereocenters. The predicted octanol–water partition coefficient (Wildman–Crippen LogP) is 2.40. The molecular weight excluding hydrogens is 160 g/mol. The number of pyridine rings is 1. The Hall–Kier alpha value is -1.05. The van der Waals surface area contributed by atoms with Crippen LogP contribution in [-0.4, -0.2) is 4.98 Å². The van der Waals surface area contributed by atoms with Gasteiger partial charge >= 0.3 is 0 Å². The van der Waals surface area contributed by atoms with Crippen LogP contribution in [0.25, 0.3) is 0 Å². The lowest BCUT2D eigenvalue weighted by atomic mass is 9.98. The maximum Gasteiger partial charge on any atom is 0.0377 e. The van der Waals surface area contributed by atoms with Crippen molar-refractivity contribution in [2.75, 3.05) is 5.73 Å². The van der Waals surface area contributed by atoms with E-state index in [1.807, 2.05) is 12.3 Å². The van der Waals surface area contributed by atoms with E-state index in [9.17, 15) is 0 Å². The summed E-state index contributed by atoms with van der Waals surface area (Å²) in [6.07, 6.45) is 10.3. The van der Waals surface area contributed by atoms with Crippen molar-refractivity contribution in [1.29, 1.82) is 0 Å². The first-order valence-electron chi connectivity index (χ1n) is 5.04. The third-order valence-electron chi connectivity index (χ3n) is 2.92. The Balaban J connectivity index is 2.04. The third kappa shape index (κ3) is 2.00. The molecule has 13 heavy (non-hydrogen) atoms. The van der Waals surface area contributed by atoms with Gasteiger partial charge in [0.25, 0.3) is 0 Å². The van der Waals surface area contributed by atoms with Crippen molar-refractivity contribution in [3.63, 3.8) is 0 Å². The SMILES string of the molecule is Nc1ccncc1CC1CCCC1. The van der Waals surface area contributed by atoms with E-state index in [2.05, 4.69) is 4.98 Å². The highest BCUT2D eigenvalue weighted by Gasteiger charge is 2.16. The van der Waals surface area contributed by atoms with Crippen molar-refractivity contribution in [3.05, 3.63) is 24.0 Å². The van der Waals surface area contributed by atoms with Crippen molar-refractivity contribution in [1.82, 2.24) is 4.98 Å². The molecule has 0 bridgehead atoms. The van der Waals surface area contributed by atoms with Gasteiger partial charge < -0.3 is 5.73 Å². The van der Waals surface area contributed by atoms with Crippen LogP contribution in [0.15, 0.2) is 18.5 Å². The standard InChI is InChI=1S/C11H16N2/c12-11-5-6-13-8-10(11)7-9-3-1-2-4-9/h5-6,8-9H,1-4,7H2,(H2,12,13). The van der Waals surface area contributed by atoms with Gasteiger partial charge in [-0.25, -0.2) is 0 Å². The molecule has 1 heterocycles. The highest BCUT2D eigenvalue weighted by Crippen LogP contribution is 2.29. The smallest absolute Gasteiger partial charge is 0.0377 e.